The van der Waals surface area contributed by atoms with E-state index in [9.17, 15) is 9.59 Å². The fourth-order valence-corrected chi connectivity index (χ4v) is 7.88. The Morgan fingerprint density at radius 1 is 0.500 bits per heavy atom. The van der Waals surface area contributed by atoms with Gasteiger partial charge in [0.2, 0.25) is 0 Å². The van der Waals surface area contributed by atoms with Crippen LogP contribution in [0.25, 0.3) is 11.1 Å². The van der Waals surface area contributed by atoms with Gasteiger partial charge in [-0.2, -0.15) is 0 Å². The van der Waals surface area contributed by atoms with Gasteiger partial charge in [0.05, 0.1) is 11.1 Å². The maximum absolute atomic E-state index is 13.0. The molecule has 4 nitrogen and oxygen atoms in total. The molecule has 3 aliphatic carbocycles. The van der Waals surface area contributed by atoms with Crippen LogP contribution in [0.2, 0.25) is 0 Å². The summed E-state index contributed by atoms with van der Waals surface area (Å²) in [6, 6.07) is 27.7. The third kappa shape index (κ3) is 6.27. The molecule has 0 bridgehead atoms. The summed E-state index contributed by atoms with van der Waals surface area (Å²) < 4.78 is 11.7. The van der Waals surface area contributed by atoms with Crippen LogP contribution in [-0.2, 0) is 0 Å². The van der Waals surface area contributed by atoms with E-state index in [2.05, 4.69) is 45.0 Å². The third-order valence-electron chi connectivity index (χ3n) is 11.0. The van der Waals surface area contributed by atoms with E-state index in [1.165, 1.54) is 62.5 Å². The fourth-order valence-electron chi connectivity index (χ4n) is 7.88. The van der Waals surface area contributed by atoms with E-state index >= 15 is 0 Å². The van der Waals surface area contributed by atoms with Gasteiger partial charge in [0.15, 0.2) is 0 Å². The predicted octanol–water partition coefficient (Wildman–Crippen LogP) is 10.8. The van der Waals surface area contributed by atoms with Crippen LogP contribution in [0.3, 0.4) is 0 Å². The Labute approximate surface area is 273 Å². The molecule has 0 radical (unpaired) electrons. The molecule has 0 N–H and O–H groups in total. The first-order valence-electron chi connectivity index (χ1n) is 17.2. The summed E-state index contributed by atoms with van der Waals surface area (Å²) >= 11 is 0. The molecule has 7 rings (SSSR count). The van der Waals surface area contributed by atoms with E-state index < -0.39 is 0 Å². The molecule has 4 aromatic carbocycles. The normalized spacial score (nSPS) is 23.7. The van der Waals surface area contributed by atoms with Gasteiger partial charge < -0.3 is 9.47 Å². The van der Waals surface area contributed by atoms with Gasteiger partial charge in [0.25, 0.3) is 0 Å². The van der Waals surface area contributed by atoms with E-state index in [0.29, 0.717) is 34.5 Å². The number of hydrogen-bond acceptors (Lipinski definition) is 4. The van der Waals surface area contributed by atoms with Crippen molar-refractivity contribution in [1.82, 2.24) is 0 Å². The number of hydrogen-bond donors (Lipinski definition) is 0. The van der Waals surface area contributed by atoms with Crippen molar-refractivity contribution in [3.8, 4) is 22.6 Å². The van der Waals surface area contributed by atoms with Crippen molar-refractivity contribution in [2.75, 3.05) is 0 Å². The van der Waals surface area contributed by atoms with E-state index in [0.717, 1.165) is 34.1 Å². The zero-order chi connectivity index (χ0) is 31.8. The van der Waals surface area contributed by atoms with E-state index in [-0.39, 0.29) is 17.9 Å². The monoisotopic (exact) mass is 612 g/mol. The lowest BCUT2D eigenvalue weighted by Crippen LogP contribution is -2.12. The second-order valence-corrected chi connectivity index (χ2v) is 14.2. The van der Waals surface area contributed by atoms with Crippen LogP contribution in [-0.4, -0.2) is 11.9 Å². The number of carbonyl (C=O) groups excluding carboxylic acids is 2. The molecule has 4 aromatic rings. The lowest BCUT2D eigenvalue weighted by atomic mass is 9.79. The zero-order valence-corrected chi connectivity index (χ0v) is 27.3. The summed E-state index contributed by atoms with van der Waals surface area (Å²) in [4.78, 5) is 26.1. The summed E-state index contributed by atoms with van der Waals surface area (Å²) in [6.45, 7) is 6.80. The fraction of sp³-hybridized carbons (Fsp3) is 0.381. The molecule has 0 saturated heterocycles. The maximum atomic E-state index is 13.0. The first kappa shape index (κ1) is 30.5. The van der Waals surface area contributed by atoms with Crippen LogP contribution in [0.1, 0.15) is 133 Å². The minimum atomic E-state index is -0.345. The smallest absolute Gasteiger partial charge is 0.343 e. The largest absolute Gasteiger partial charge is 0.423 e. The van der Waals surface area contributed by atoms with Crippen LogP contribution in [0.5, 0.6) is 11.5 Å². The van der Waals surface area contributed by atoms with Gasteiger partial charge in [0, 0.05) is 5.92 Å². The Balaban J connectivity index is 0.993. The standard InChI is InChI=1S/C42H44O4/c1-26-4-8-29(9-5-26)31-12-16-33(17-13-31)41(43)45-35-20-22-37-38-23-21-36(25-40(38)28(3)39(37)24-35)46-42(44)34-18-14-32(15-19-34)30-10-6-27(2)7-11-30/h12-30H,4-11H2,1-3H3. The number of ether oxygens (including phenoxy) is 2. The highest BCUT2D eigenvalue weighted by Crippen LogP contribution is 2.47. The van der Waals surface area contributed by atoms with Crippen LogP contribution in [0.4, 0.5) is 0 Å². The Kier molecular flexibility index (Phi) is 8.55. The Bertz CT molecular complexity index is 1590. The molecule has 2 saturated carbocycles. The van der Waals surface area contributed by atoms with Crippen molar-refractivity contribution in [2.24, 2.45) is 11.8 Å². The summed E-state index contributed by atoms with van der Waals surface area (Å²) in [5.74, 6) is 3.26. The highest BCUT2D eigenvalue weighted by molar-refractivity contribution is 5.92. The summed E-state index contributed by atoms with van der Waals surface area (Å²) in [5.41, 5.74) is 8.18. The van der Waals surface area contributed by atoms with Crippen LogP contribution in [0, 0.1) is 11.8 Å². The summed E-state index contributed by atoms with van der Waals surface area (Å²) in [6.07, 6.45) is 9.98. The molecule has 236 valence electrons. The molecule has 0 amide bonds. The van der Waals surface area contributed by atoms with Crippen molar-refractivity contribution >= 4 is 11.9 Å². The second-order valence-electron chi connectivity index (χ2n) is 14.2. The van der Waals surface area contributed by atoms with Gasteiger partial charge in [-0.1, -0.05) is 82.9 Å². The van der Waals surface area contributed by atoms with Gasteiger partial charge in [-0.25, -0.2) is 9.59 Å². The number of carbonyl (C=O) groups is 2. The topological polar surface area (TPSA) is 52.6 Å². The molecule has 0 aromatic heterocycles. The number of benzene rings is 4. The zero-order valence-electron chi connectivity index (χ0n) is 27.3. The van der Waals surface area contributed by atoms with Crippen molar-refractivity contribution in [2.45, 2.75) is 89.9 Å². The van der Waals surface area contributed by atoms with Crippen LogP contribution in [0.15, 0.2) is 84.9 Å². The van der Waals surface area contributed by atoms with Crippen LogP contribution < -0.4 is 9.47 Å². The predicted molar refractivity (Wildman–Crippen MR) is 183 cm³/mol. The quantitative estimate of drug-likeness (QED) is 0.161. The molecule has 0 spiro atoms. The molecule has 3 aliphatic rings. The van der Waals surface area contributed by atoms with Gasteiger partial charge in [-0.05, 0) is 131 Å². The Hall–Kier alpha value is -4.18. The lowest BCUT2D eigenvalue weighted by Gasteiger charge is -2.26. The summed E-state index contributed by atoms with van der Waals surface area (Å²) in [7, 11) is 0. The molecular formula is C42H44O4. The minimum absolute atomic E-state index is 0.0669. The maximum Gasteiger partial charge on any atom is 0.343 e. The minimum Gasteiger partial charge on any atom is -0.423 e. The highest BCUT2D eigenvalue weighted by atomic mass is 16.5. The molecule has 4 heteroatoms. The molecule has 0 heterocycles. The first-order chi connectivity index (χ1) is 22.3. The average molecular weight is 613 g/mol. The average Bonchev–Trinajstić information content (AvgIpc) is 3.35. The molecule has 2 fully saturated rings. The van der Waals surface area contributed by atoms with E-state index in [1.54, 1.807) is 0 Å². The van der Waals surface area contributed by atoms with Crippen molar-refractivity contribution < 1.29 is 19.1 Å². The molecule has 46 heavy (non-hydrogen) atoms. The van der Waals surface area contributed by atoms with Crippen molar-refractivity contribution in [3.05, 3.63) is 118 Å². The molecule has 0 aliphatic heterocycles. The summed E-state index contributed by atoms with van der Waals surface area (Å²) in [5, 5.41) is 0. The van der Waals surface area contributed by atoms with Gasteiger partial charge in [-0.3, -0.25) is 0 Å². The lowest BCUT2D eigenvalue weighted by molar-refractivity contribution is 0.0725. The van der Waals surface area contributed by atoms with Crippen molar-refractivity contribution in [1.29, 1.82) is 0 Å². The molecule has 0 unspecified atom stereocenters. The van der Waals surface area contributed by atoms with E-state index in [1.807, 2.05) is 60.7 Å². The van der Waals surface area contributed by atoms with Crippen molar-refractivity contribution in [3.63, 3.8) is 0 Å². The first-order valence-corrected chi connectivity index (χ1v) is 17.2. The van der Waals surface area contributed by atoms with Crippen LogP contribution >= 0.6 is 0 Å². The SMILES string of the molecule is CC1CCC(c2ccc(C(=O)Oc3ccc4c(c3)C(C)c3cc(OC(=O)c5ccc(C6CCC(C)CC6)cc5)ccc3-4)cc2)CC1. The third-order valence-corrected chi connectivity index (χ3v) is 11.0. The molecular weight excluding hydrogens is 568 g/mol. The molecule has 0 atom stereocenters. The number of esters is 2. The van der Waals surface area contributed by atoms with Gasteiger partial charge >= 0.3 is 11.9 Å². The van der Waals surface area contributed by atoms with Gasteiger partial charge in [-0.15, -0.1) is 0 Å². The number of fused-ring (bicyclic) bond motifs is 3. The second kappa shape index (κ2) is 12.9. The highest BCUT2D eigenvalue weighted by Gasteiger charge is 2.28. The number of rotatable bonds is 6. The van der Waals surface area contributed by atoms with Gasteiger partial charge in [0.1, 0.15) is 11.5 Å². The Morgan fingerprint density at radius 2 is 0.870 bits per heavy atom. The van der Waals surface area contributed by atoms with E-state index in [4.69, 9.17) is 9.47 Å². The Morgan fingerprint density at radius 3 is 1.24 bits per heavy atom.